The molecule has 0 bridgehead atoms. The Hall–Kier alpha value is -0.750. The molecule has 1 aromatic heterocycles. The first-order chi connectivity index (χ1) is 6.90. The van der Waals surface area contributed by atoms with E-state index in [1.165, 1.54) is 6.07 Å². The van der Waals surface area contributed by atoms with Gasteiger partial charge in [-0.3, -0.25) is 0 Å². The summed E-state index contributed by atoms with van der Waals surface area (Å²) >= 11 is 4.34. The van der Waals surface area contributed by atoms with Crippen molar-refractivity contribution in [1.82, 2.24) is 9.97 Å². The molecular formula is C7H12N3O3PS. The van der Waals surface area contributed by atoms with E-state index in [0.29, 0.717) is 18.2 Å². The molecule has 1 rings (SSSR count). The number of hydrogen-bond acceptors (Lipinski definition) is 5. The first kappa shape index (κ1) is 12.3. The van der Waals surface area contributed by atoms with Crippen LogP contribution in [0.15, 0.2) is 6.07 Å². The monoisotopic (exact) mass is 249 g/mol. The molecule has 0 aliphatic carbocycles. The summed E-state index contributed by atoms with van der Waals surface area (Å²) in [5.74, 6) is 0.433. The van der Waals surface area contributed by atoms with Crippen molar-refractivity contribution >= 4 is 24.5 Å². The minimum absolute atomic E-state index is 0.0618. The summed E-state index contributed by atoms with van der Waals surface area (Å²) in [7, 11) is 0. The second-order valence-electron chi connectivity index (χ2n) is 2.78. The van der Waals surface area contributed by atoms with Crippen LogP contribution >= 0.6 is 6.72 Å². The summed E-state index contributed by atoms with van der Waals surface area (Å²) < 4.78 is 4.72. The lowest BCUT2D eigenvalue weighted by molar-refractivity contribution is 0.364. The Kier molecular flexibility index (Phi) is 3.98. The Balaban J connectivity index is 2.93. The average molecular weight is 249 g/mol. The minimum Gasteiger partial charge on any atom is -0.406 e. The lowest BCUT2D eigenvalue weighted by Crippen LogP contribution is -2.04. The predicted molar refractivity (Wildman–Crippen MR) is 60.3 cm³/mol. The summed E-state index contributed by atoms with van der Waals surface area (Å²) in [5.41, 5.74) is 0.652. The van der Waals surface area contributed by atoms with Crippen LogP contribution in [-0.4, -0.2) is 26.3 Å². The van der Waals surface area contributed by atoms with Gasteiger partial charge in [0, 0.05) is 30.1 Å². The van der Waals surface area contributed by atoms with Gasteiger partial charge in [-0.2, -0.15) is 4.98 Å². The van der Waals surface area contributed by atoms with Gasteiger partial charge in [-0.15, -0.1) is 0 Å². The molecule has 6 nitrogen and oxygen atoms in total. The van der Waals surface area contributed by atoms with E-state index >= 15 is 0 Å². The van der Waals surface area contributed by atoms with Crippen molar-refractivity contribution in [3.05, 3.63) is 11.8 Å². The van der Waals surface area contributed by atoms with Crippen LogP contribution in [0, 0.1) is 6.92 Å². The molecule has 0 atom stereocenters. The highest BCUT2D eigenvalue weighted by molar-refractivity contribution is 8.06. The highest BCUT2D eigenvalue weighted by atomic mass is 32.5. The molecule has 3 N–H and O–H groups in total. The van der Waals surface area contributed by atoms with Crippen molar-refractivity contribution in [3.63, 3.8) is 0 Å². The van der Waals surface area contributed by atoms with Gasteiger partial charge in [0.05, 0.1) is 0 Å². The number of aromatic nitrogens is 2. The fourth-order valence-corrected chi connectivity index (χ4v) is 1.51. The molecule has 0 aliphatic heterocycles. The van der Waals surface area contributed by atoms with Gasteiger partial charge in [0.25, 0.3) is 0 Å². The van der Waals surface area contributed by atoms with Gasteiger partial charge in [-0.05, 0) is 13.8 Å². The number of aryl methyl sites for hydroxylation is 1. The van der Waals surface area contributed by atoms with E-state index in [4.69, 9.17) is 14.3 Å². The van der Waals surface area contributed by atoms with Crippen molar-refractivity contribution in [2.24, 2.45) is 0 Å². The molecule has 0 aromatic carbocycles. The third-order valence-corrected chi connectivity index (χ3v) is 2.03. The Labute approximate surface area is 92.6 Å². The van der Waals surface area contributed by atoms with E-state index in [2.05, 4.69) is 27.1 Å². The molecule has 0 spiro atoms. The number of rotatable bonds is 4. The van der Waals surface area contributed by atoms with E-state index in [1.54, 1.807) is 6.92 Å². The van der Waals surface area contributed by atoms with Gasteiger partial charge in [-0.1, -0.05) is 0 Å². The molecule has 1 heterocycles. The minimum atomic E-state index is -3.73. The summed E-state index contributed by atoms with van der Waals surface area (Å²) in [6.07, 6.45) is 0. The van der Waals surface area contributed by atoms with Crippen molar-refractivity contribution < 1.29 is 14.3 Å². The van der Waals surface area contributed by atoms with Gasteiger partial charge in [-0.25, -0.2) is 4.98 Å². The molecule has 0 saturated carbocycles. The third kappa shape index (κ3) is 4.53. The Morgan fingerprint density at radius 1 is 1.53 bits per heavy atom. The van der Waals surface area contributed by atoms with Gasteiger partial charge >= 0.3 is 6.72 Å². The quantitative estimate of drug-likeness (QED) is 0.680. The van der Waals surface area contributed by atoms with E-state index in [1.807, 2.05) is 6.92 Å². The fraction of sp³-hybridized carbons (Fsp3) is 0.429. The van der Waals surface area contributed by atoms with Crippen molar-refractivity contribution in [3.8, 4) is 5.88 Å². The number of nitrogens with one attached hydrogen (secondary N) is 1. The average Bonchev–Trinajstić information content (AvgIpc) is 1.99. The molecule has 0 radical (unpaired) electrons. The zero-order chi connectivity index (χ0) is 11.5. The second kappa shape index (κ2) is 4.85. The second-order valence-corrected chi connectivity index (χ2v) is 5.37. The van der Waals surface area contributed by atoms with Crippen molar-refractivity contribution in [2.75, 3.05) is 11.9 Å². The summed E-state index contributed by atoms with van der Waals surface area (Å²) in [4.78, 5) is 25.9. The molecule has 0 amide bonds. The third-order valence-electron chi connectivity index (χ3n) is 1.38. The zero-order valence-electron chi connectivity index (χ0n) is 8.34. The van der Waals surface area contributed by atoms with Crippen LogP contribution in [0.5, 0.6) is 5.88 Å². The van der Waals surface area contributed by atoms with Crippen LogP contribution in [0.25, 0.3) is 0 Å². The highest BCUT2D eigenvalue weighted by Crippen LogP contribution is 2.37. The van der Waals surface area contributed by atoms with E-state index in [-0.39, 0.29) is 5.88 Å². The van der Waals surface area contributed by atoms with Crippen LogP contribution < -0.4 is 9.84 Å². The SMILES string of the molecule is CCNc1nc(C)cc(OP(O)(O)=S)n1. The smallest absolute Gasteiger partial charge is 0.376 e. The molecule has 0 unspecified atom stereocenters. The maximum Gasteiger partial charge on any atom is 0.376 e. The summed E-state index contributed by atoms with van der Waals surface area (Å²) in [5, 5.41) is 2.89. The standard InChI is InChI=1S/C7H12N3O3PS/c1-3-8-7-9-5(2)4-6(10-7)13-14(11,12)15/h4H,3H2,1-2H3,(H,8,9,10)(H2,11,12,15). The van der Waals surface area contributed by atoms with E-state index < -0.39 is 6.72 Å². The molecule has 0 aliphatic rings. The lowest BCUT2D eigenvalue weighted by Gasteiger charge is -2.10. The predicted octanol–water partition coefficient (Wildman–Crippen LogP) is 0.805. The van der Waals surface area contributed by atoms with Gasteiger partial charge in [0.2, 0.25) is 11.8 Å². The Morgan fingerprint density at radius 3 is 2.73 bits per heavy atom. The maximum absolute atomic E-state index is 8.96. The van der Waals surface area contributed by atoms with E-state index in [0.717, 1.165) is 0 Å². The van der Waals surface area contributed by atoms with E-state index in [9.17, 15) is 0 Å². The highest BCUT2D eigenvalue weighted by Gasteiger charge is 2.12. The molecular weight excluding hydrogens is 237 g/mol. The molecule has 0 fully saturated rings. The Morgan fingerprint density at radius 2 is 2.20 bits per heavy atom. The first-order valence-electron chi connectivity index (χ1n) is 4.25. The summed E-state index contributed by atoms with van der Waals surface area (Å²) in [6, 6.07) is 1.48. The van der Waals surface area contributed by atoms with Gasteiger partial charge in [0.1, 0.15) is 0 Å². The van der Waals surface area contributed by atoms with Crippen LogP contribution in [0.2, 0.25) is 0 Å². The summed E-state index contributed by atoms with van der Waals surface area (Å²) in [6.45, 7) is 0.572. The molecule has 0 saturated heterocycles. The lowest BCUT2D eigenvalue weighted by atomic mass is 10.4. The Bertz CT molecular complexity index is 395. The topological polar surface area (TPSA) is 87.5 Å². The molecule has 1 aromatic rings. The molecule has 15 heavy (non-hydrogen) atoms. The maximum atomic E-state index is 8.96. The largest absolute Gasteiger partial charge is 0.406 e. The van der Waals surface area contributed by atoms with Gasteiger partial charge in [0.15, 0.2) is 0 Å². The molecule has 84 valence electrons. The van der Waals surface area contributed by atoms with Gasteiger partial charge < -0.3 is 19.6 Å². The van der Waals surface area contributed by atoms with Crippen LogP contribution in [0.1, 0.15) is 12.6 Å². The van der Waals surface area contributed by atoms with Crippen molar-refractivity contribution in [1.29, 1.82) is 0 Å². The first-order valence-corrected chi connectivity index (χ1v) is 6.88. The fourth-order valence-electron chi connectivity index (χ4n) is 0.945. The normalized spacial score (nSPS) is 11.2. The number of nitrogens with zero attached hydrogens (tertiary/aromatic N) is 2. The van der Waals surface area contributed by atoms with Crippen molar-refractivity contribution in [2.45, 2.75) is 13.8 Å². The zero-order valence-corrected chi connectivity index (χ0v) is 10.0. The van der Waals surface area contributed by atoms with Crippen LogP contribution in [-0.2, 0) is 11.8 Å². The molecule has 8 heteroatoms. The van der Waals surface area contributed by atoms with Crippen LogP contribution in [0.4, 0.5) is 5.95 Å². The van der Waals surface area contributed by atoms with Crippen LogP contribution in [0.3, 0.4) is 0 Å². The number of anilines is 1. The number of hydrogen-bond donors (Lipinski definition) is 3.